The van der Waals surface area contributed by atoms with E-state index in [9.17, 15) is 4.79 Å². The van der Waals surface area contributed by atoms with Gasteiger partial charge in [-0.1, -0.05) is 18.2 Å². The molecular formula is C13H12BrNOS2. The van der Waals surface area contributed by atoms with E-state index in [2.05, 4.69) is 33.4 Å². The van der Waals surface area contributed by atoms with Crippen LogP contribution in [0.1, 0.15) is 9.67 Å². The van der Waals surface area contributed by atoms with Crippen molar-refractivity contribution in [2.45, 2.75) is 4.90 Å². The summed E-state index contributed by atoms with van der Waals surface area (Å²) in [5.74, 6) is 0.877. The summed E-state index contributed by atoms with van der Waals surface area (Å²) < 4.78 is 0.978. The lowest BCUT2D eigenvalue weighted by Gasteiger charge is -2.03. The second-order valence-corrected chi connectivity index (χ2v) is 7.15. The second-order valence-electron chi connectivity index (χ2n) is 3.52. The number of rotatable bonds is 5. The number of thiophene rings is 1. The highest BCUT2D eigenvalue weighted by Gasteiger charge is 2.07. The lowest BCUT2D eigenvalue weighted by Crippen LogP contribution is -2.24. The summed E-state index contributed by atoms with van der Waals surface area (Å²) in [6, 6.07) is 13.9. The lowest BCUT2D eigenvalue weighted by molar-refractivity contribution is 0.0960. The van der Waals surface area contributed by atoms with Gasteiger partial charge in [-0.3, -0.25) is 4.79 Å². The molecule has 1 N–H and O–H groups in total. The Morgan fingerprint density at radius 1 is 1.22 bits per heavy atom. The van der Waals surface area contributed by atoms with Crippen LogP contribution in [0.5, 0.6) is 0 Å². The zero-order valence-corrected chi connectivity index (χ0v) is 12.8. The number of nitrogens with one attached hydrogen (secondary N) is 1. The van der Waals surface area contributed by atoms with Crippen molar-refractivity contribution in [1.29, 1.82) is 0 Å². The van der Waals surface area contributed by atoms with Gasteiger partial charge in [0.05, 0.1) is 8.66 Å². The van der Waals surface area contributed by atoms with Crippen molar-refractivity contribution >= 4 is 44.9 Å². The first-order valence-corrected chi connectivity index (χ1v) is 8.06. The quantitative estimate of drug-likeness (QED) is 0.657. The molecule has 1 heterocycles. The van der Waals surface area contributed by atoms with Gasteiger partial charge in [0, 0.05) is 17.2 Å². The topological polar surface area (TPSA) is 29.1 Å². The lowest BCUT2D eigenvalue weighted by atomic mass is 10.4. The molecule has 0 aliphatic carbocycles. The summed E-state index contributed by atoms with van der Waals surface area (Å²) in [5.41, 5.74) is 0. The fourth-order valence-electron chi connectivity index (χ4n) is 1.37. The molecule has 5 heteroatoms. The van der Waals surface area contributed by atoms with Gasteiger partial charge in [-0.25, -0.2) is 0 Å². The largest absolute Gasteiger partial charge is 0.350 e. The highest BCUT2D eigenvalue weighted by Crippen LogP contribution is 2.22. The van der Waals surface area contributed by atoms with Crippen LogP contribution in [-0.2, 0) is 0 Å². The van der Waals surface area contributed by atoms with Crippen molar-refractivity contribution in [3.05, 3.63) is 51.1 Å². The molecule has 0 atom stereocenters. The van der Waals surface area contributed by atoms with Gasteiger partial charge in [-0.05, 0) is 40.2 Å². The minimum absolute atomic E-state index is 0.000591. The minimum atomic E-state index is -0.000591. The first-order valence-electron chi connectivity index (χ1n) is 5.47. The summed E-state index contributed by atoms with van der Waals surface area (Å²) in [6.07, 6.45) is 0. The van der Waals surface area contributed by atoms with Crippen LogP contribution >= 0.6 is 39.0 Å². The van der Waals surface area contributed by atoms with Crippen LogP contribution in [-0.4, -0.2) is 18.2 Å². The smallest absolute Gasteiger partial charge is 0.261 e. The number of benzene rings is 1. The molecule has 0 aliphatic heterocycles. The van der Waals surface area contributed by atoms with E-state index < -0.39 is 0 Å². The predicted octanol–water partition coefficient (Wildman–Crippen LogP) is 4.03. The Kier molecular flexibility index (Phi) is 5.28. The maximum absolute atomic E-state index is 11.7. The molecule has 1 aromatic carbocycles. The van der Waals surface area contributed by atoms with E-state index >= 15 is 0 Å². The number of thioether (sulfide) groups is 1. The van der Waals surface area contributed by atoms with Crippen molar-refractivity contribution in [3.8, 4) is 0 Å². The van der Waals surface area contributed by atoms with E-state index in [4.69, 9.17) is 0 Å². The van der Waals surface area contributed by atoms with Crippen LogP contribution in [0.3, 0.4) is 0 Å². The van der Waals surface area contributed by atoms with Crippen LogP contribution in [0.4, 0.5) is 0 Å². The van der Waals surface area contributed by atoms with E-state index in [1.807, 2.05) is 30.3 Å². The first kappa shape index (κ1) is 13.6. The Bertz CT molecular complexity index is 513. The van der Waals surface area contributed by atoms with Gasteiger partial charge in [0.15, 0.2) is 0 Å². The van der Waals surface area contributed by atoms with Gasteiger partial charge in [0.1, 0.15) is 0 Å². The third-order valence-corrected chi connectivity index (χ3v) is 4.83. The molecule has 94 valence electrons. The summed E-state index contributed by atoms with van der Waals surface area (Å²) in [5, 5.41) is 2.91. The average Bonchev–Trinajstić information content (AvgIpc) is 2.82. The molecule has 0 saturated heterocycles. The van der Waals surface area contributed by atoms with Gasteiger partial charge in [0.2, 0.25) is 0 Å². The highest BCUT2D eigenvalue weighted by atomic mass is 79.9. The van der Waals surface area contributed by atoms with Crippen LogP contribution in [0.2, 0.25) is 0 Å². The molecule has 0 aliphatic rings. The SMILES string of the molecule is O=C(NCCSc1ccccc1)c1ccc(Br)s1. The van der Waals surface area contributed by atoms with Crippen molar-refractivity contribution in [2.24, 2.45) is 0 Å². The van der Waals surface area contributed by atoms with Crippen molar-refractivity contribution in [2.75, 3.05) is 12.3 Å². The van der Waals surface area contributed by atoms with Crippen LogP contribution in [0.25, 0.3) is 0 Å². The molecule has 1 aromatic heterocycles. The monoisotopic (exact) mass is 341 g/mol. The van der Waals surface area contributed by atoms with Crippen molar-refractivity contribution in [3.63, 3.8) is 0 Å². The fourth-order valence-corrected chi connectivity index (χ4v) is 3.47. The number of hydrogen-bond acceptors (Lipinski definition) is 3. The number of hydrogen-bond donors (Lipinski definition) is 1. The third kappa shape index (κ3) is 4.15. The Balaban J connectivity index is 1.71. The zero-order chi connectivity index (χ0) is 12.8. The summed E-state index contributed by atoms with van der Waals surface area (Å²) in [6.45, 7) is 0.675. The van der Waals surface area contributed by atoms with Crippen LogP contribution in [0, 0.1) is 0 Å². The number of carbonyl (C=O) groups is 1. The molecule has 0 bridgehead atoms. The van der Waals surface area contributed by atoms with E-state index in [0.717, 1.165) is 14.4 Å². The Morgan fingerprint density at radius 3 is 2.67 bits per heavy atom. The molecule has 0 spiro atoms. The second kappa shape index (κ2) is 6.97. The summed E-state index contributed by atoms with van der Waals surface area (Å²) in [4.78, 5) is 13.7. The normalized spacial score (nSPS) is 10.3. The van der Waals surface area contributed by atoms with Crippen molar-refractivity contribution < 1.29 is 4.79 Å². The minimum Gasteiger partial charge on any atom is -0.350 e. The molecule has 0 unspecified atom stereocenters. The Hall–Kier alpha value is -0.780. The molecule has 1 amide bonds. The standard InChI is InChI=1S/C13H12BrNOS2/c14-12-7-6-11(18-12)13(16)15-8-9-17-10-4-2-1-3-5-10/h1-7H,8-9H2,(H,15,16). The van der Waals surface area contributed by atoms with Gasteiger partial charge < -0.3 is 5.32 Å². The fraction of sp³-hybridized carbons (Fsp3) is 0.154. The third-order valence-electron chi connectivity index (χ3n) is 2.20. The van der Waals surface area contributed by atoms with Gasteiger partial charge in [0.25, 0.3) is 5.91 Å². The predicted molar refractivity (Wildman–Crippen MR) is 81.5 cm³/mol. The van der Waals surface area contributed by atoms with Gasteiger partial charge in [-0.15, -0.1) is 23.1 Å². The summed E-state index contributed by atoms with van der Waals surface area (Å²) in [7, 11) is 0. The van der Waals surface area contributed by atoms with Crippen LogP contribution < -0.4 is 5.32 Å². The molecule has 0 radical (unpaired) electrons. The number of halogens is 1. The Labute approximate surface area is 123 Å². The zero-order valence-electron chi connectivity index (χ0n) is 9.56. The highest BCUT2D eigenvalue weighted by molar-refractivity contribution is 9.11. The number of carbonyl (C=O) groups excluding carboxylic acids is 1. The van der Waals surface area contributed by atoms with E-state index in [1.54, 1.807) is 11.8 Å². The Morgan fingerprint density at radius 2 is 2.00 bits per heavy atom. The van der Waals surface area contributed by atoms with E-state index in [1.165, 1.54) is 16.2 Å². The maximum atomic E-state index is 11.7. The maximum Gasteiger partial charge on any atom is 0.261 e. The molecular weight excluding hydrogens is 330 g/mol. The van der Waals surface area contributed by atoms with Crippen molar-refractivity contribution in [1.82, 2.24) is 5.32 Å². The molecule has 0 saturated carbocycles. The van der Waals surface area contributed by atoms with E-state index in [0.29, 0.717) is 6.54 Å². The van der Waals surface area contributed by atoms with Gasteiger partial charge >= 0.3 is 0 Å². The molecule has 2 rings (SSSR count). The van der Waals surface area contributed by atoms with Crippen LogP contribution in [0.15, 0.2) is 51.1 Å². The summed E-state index contributed by atoms with van der Waals surface area (Å²) >= 11 is 6.54. The average molecular weight is 342 g/mol. The molecule has 18 heavy (non-hydrogen) atoms. The molecule has 2 nitrogen and oxygen atoms in total. The molecule has 2 aromatic rings. The van der Waals surface area contributed by atoms with Gasteiger partial charge in [-0.2, -0.15) is 0 Å². The number of amides is 1. The molecule has 0 fully saturated rings. The first-order chi connectivity index (χ1) is 8.75. The van der Waals surface area contributed by atoms with E-state index in [-0.39, 0.29) is 5.91 Å².